The lowest BCUT2D eigenvalue weighted by atomic mass is 10.0. The van der Waals surface area contributed by atoms with Crippen LogP contribution >= 0.6 is 0 Å². The number of hydrogen-bond donors (Lipinski definition) is 3. The molecule has 0 heterocycles. The number of rotatable bonds is 18. The molecule has 0 aromatic rings. The predicted octanol–water partition coefficient (Wildman–Crippen LogP) is 4.60. The van der Waals surface area contributed by atoms with Gasteiger partial charge in [-0.15, -0.1) is 0 Å². The Kier molecular flexibility index (Phi) is 16.0. The summed E-state index contributed by atoms with van der Waals surface area (Å²) < 4.78 is 0. The highest BCUT2D eigenvalue weighted by Crippen LogP contribution is 2.12. The molecule has 0 spiro atoms. The Morgan fingerprint density at radius 1 is 0.750 bits per heavy atom. The van der Waals surface area contributed by atoms with E-state index in [1.165, 1.54) is 38.5 Å². The van der Waals surface area contributed by atoms with Crippen molar-refractivity contribution in [3.05, 3.63) is 0 Å². The van der Waals surface area contributed by atoms with E-state index in [0.717, 1.165) is 38.6 Å². The Morgan fingerprint density at radius 3 is 2.00 bits per heavy atom. The van der Waals surface area contributed by atoms with E-state index in [0.29, 0.717) is 12.5 Å². The third-order valence-electron chi connectivity index (χ3n) is 4.36. The fraction of sp³-hybridized carbons (Fsp3) is 0.895. The summed E-state index contributed by atoms with van der Waals surface area (Å²) >= 11 is 0. The second-order valence-corrected chi connectivity index (χ2v) is 6.70. The van der Waals surface area contributed by atoms with Gasteiger partial charge in [-0.05, 0) is 32.2 Å². The molecule has 0 aromatic carbocycles. The summed E-state index contributed by atoms with van der Waals surface area (Å²) in [6.45, 7) is 3.11. The maximum absolute atomic E-state index is 10.8. The van der Waals surface area contributed by atoms with Gasteiger partial charge in [0.15, 0.2) is 0 Å². The fourth-order valence-electron chi connectivity index (χ4n) is 2.88. The molecule has 0 radical (unpaired) electrons. The van der Waals surface area contributed by atoms with Crippen LogP contribution in [0.3, 0.4) is 0 Å². The molecule has 0 fully saturated rings. The minimum absolute atomic E-state index is 0.228. The highest BCUT2D eigenvalue weighted by Gasteiger charge is 2.10. The largest absolute Gasteiger partial charge is 0.481 e. The molecule has 5 heteroatoms. The van der Waals surface area contributed by atoms with Crippen molar-refractivity contribution in [3.8, 4) is 0 Å². The maximum atomic E-state index is 10.8. The lowest BCUT2D eigenvalue weighted by molar-refractivity contribution is -0.138. The molecule has 24 heavy (non-hydrogen) atoms. The van der Waals surface area contributed by atoms with Crippen molar-refractivity contribution in [2.45, 2.75) is 103 Å². The fourth-order valence-corrected chi connectivity index (χ4v) is 2.88. The molecule has 3 N–H and O–H groups in total. The predicted molar refractivity (Wildman–Crippen MR) is 97.4 cm³/mol. The smallest absolute Gasteiger partial charge is 0.303 e. The number of nitrogens with one attached hydrogen (secondary N) is 1. The Morgan fingerprint density at radius 2 is 1.33 bits per heavy atom. The van der Waals surface area contributed by atoms with E-state index in [1.54, 1.807) is 0 Å². The highest BCUT2D eigenvalue weighted by atomic mass is 16.4. The Hall–Kier alpha value is -1.10. The van der Waals surface area contributed by atoms with Gasteiger partial charge in [0.05, 0.1) is 0 Å². The summed E-state index contributed by atoms with van der Waals surface area (Å²) in [5.41, 5.74) is 0. The molecule has 5 nitrogen and oxygen atoms in total. The molecule has 0 bridgehead atoms. The normalized spacial score (nSPS) is 12.2. The number of carboxylic acid groups (broad SMARTS) is 2. The molecule has 0 aliphatic rings. The SMILES string of the molecule is CCCCCCCC[C@@H](CCC(=O)O)NCCCCCCC(=O)O. The topological polar surface area (TPSA) is 86.6 Å². The number of hydrogen-bond acceptors (Lipinski definition) is 3. The second kappa shape index (κ2) is 16.7. The third kappa shape index (κ3) is 17.3. The van der Waals surface area contributed by atoms with Crippen molar-refractivity contribution < 1.29 is 19.8 Å². The molecular weight excluding hydrogens is 306 g/mol. The first-order valence-corrected chi connectivity index (χ1v) is 9.73. The molecule has 0 unspecified atom stereocenters. The lowest BCUT2D eigenvalue weighted by Gasteiger charge is -2.18. The van der Waals surface area contributed by atoms with Gasteiger partial charge < -0.3 is 15.5 Å². The Bertz CT molecular complexity index is 320. The van der Waals surface area contributed by atoms with Crippen LogP contribution in [0.4, 0.5) is 0 Å². The summed E-state index contributed by atoms with van der Waals surface area (Å²) in [5, 5.41) is 20.9. The number of aliphatic carboxylic acids is 2. The van der Waals surface area contributed by atoms with Gasteiger partial charge in [-0.25, -0.2) is 0 Å². The van der Waals surface area contributed by atoms with Gasteiger partial charge in [0.1, 0.15) is 0 Å². The molecule has 0 saturated heterocycles. The molecule has 0 aromatic heterocycles. The van der Waals surface area contributed by atoms with Gasteiger partial charge in [0.25, 0.3) is 0 Å². The van der Waals surface area contributed by atoms with Gasteiger partial charge in [0, 0.05) is 18.9 Å². The average molecular weight is 344 g/mol. The lowest BCUT2D eigenvalue weighted by Crippen LogP contribution is -2.30. The van der Waals surface area contributed by atoms with Crippen LogP contribution in [0.5, 0.6) is 0 Å². The minimum Gasteiger partial charge on any atom is -0.481 e. The molecule has 0 aliphatic carbocycles. The van der Waals surface area contributed by atoms with Crippen LogP contribution in [0.15, 0.2) is 0 Å². The molecular formula is C19H37NO4. The van der Waals surface area contributed by atoms with Crippen molar-refractivity contribution in [3.63, 3.8) is 0 Å². The van der Waals surface area contributed by atoms with Crippen molar-refractivity contribution >= 4 is 11.9 Å². The van der Waals surface area contributed by atoms with E-state index < -0.39 is 11.9 Å². The quantitative estimate of drug-likeness (QED) is 0.317. The van der Waals surface area contributed by atoms with Crippen LogP contribution < -0.4 is 5.32 Å². The minimum atomic E-state index is -0.724. The van der Waals surface area contributed by atoms with Crippen molar-refractivity contribution in [2.24, 2.45) is 0 Å². The molecule has 0 aliphatic heterocycles. The van der Waals surface area contributed by atoms with E-state index in [-0.39, 0.29) is 12.8 Å². The number of carbonyl (C=O) groups is 2. The molecule has 1 atom stereocenters. The van der Waals surface area contributed by atoms with Crippen LogP contribution in [0.25, 0.3) is 0 Å². The van der Waals surface area contributed by atoms with E-state index in [1.807, 2.05) is 0 Å². The summed E-state index contributed by atoms with van der Waals surface area (Å²) in [5.74, 6) is -1.45. The van der Waals surface area contributed by atoms with Crippen LogP contribution in [0.1, 0.15) is 96.8 Å². The standard InChI is InChI=1S/C19H37NO4/c1-2-3-4-5-6-9-12-17(14-15-19(23)24)20-16-11-8-7-10-13-18(21)22/h17,20H,2-16H2,1H3,(H,21,22)(H,23,24)/t17-/m0/s1. The molecule has 142 valence electrons. The number of carboxylic acids is 2. The van der Waals surface area contributed by atoms with Crippen molar-refractivity contribution in [1.82, 2.24) is 5.32 Å². The van der Waals surface area contributed by atoms with Gasteiger partial charge in [0.2, 0.25) is 0 Å². The van der Waals surface area contributed by atoms with E-state index >= 15 is 0 Å². The molecule has 0 amide bonds. The second-order valence-electron chi connectivity index (χ2n) is 6.70. The summed E-state index contributed by atoms with van der Waals surface area (Å²) in [6.07, 6.45) is 13.5. The van der Waals surface area contributed by atoms with Crippen molar-refractivity contribution in [1.29, 1.82) is 0 Å². The number of unbranched alkanes of at least 4 members (excludes halogenated alkanes) is 8. The first kappa shape index (κ1) is 22.9. The van der Waals surface area contributed by atoms with Gasteiger partial charge in [-0.1, -0.05) is 58.3 Å². The van der Waals surface area contributed by atoms with Crippen LogP contribution in [0.2, 0.25) is 0 Å². The highest BCUT2D eigenvalue weighted by molar-refractivity contribution is 5.66. The molecule has 0 rings (SSSR count). The average Bonchev–Trinajstić information content (AvgIpc) is 2.53. The summed E-state index contributed by atoms with van der Waals surface area (Å²) in [4.78, 5) is 21.2. The zero-order valence-corrected chi connectivity index (χ0v) is 15.4. The summed E-state index contributed by atoms with van der Waals surface area (Å²) in [7, 11) is 0. The maximum Gasteiger partial charge on any atom is 0.303 e. The Balaban J connectivity index is 3.74. The van der Waals surface area contributed by atoms with Crippen LogP contribution in [-0.2, 0) is 9.59 Å². The first-order valence-electron chi connectivity index (χ1n) is 9.73. The van der Waals surface area contributed by atoms with Gasteiger partial charge in [-0.3, -0.25) is 9.59 Å². The van der Waals surface area contributed by atoms with Gasteiger partial charge in [-0.2, -0.15) is 0 Å². The third-order valence-corrected chi connectivity index (χ3v) is 4.36. The monoisotopic (exact) mass is 343 g/mol. The van der Waals surface area contributed by atoms with E-state index in [9.17, 15) is 9.59 Å². The van der Waals surface area contributed by atoms with Crippen LogP contribution in [0, 0.1) is 0 Å². The van der Waals surface area contributed by atoms with Gasteiger partial charge >= 0.3 is 11.9 Å². The van der Waals surface area contributed by atoms with Crippen LogP contribution in [-0.4, -0.2) is 34.7 Å². The van der Waals surface area contributed by atoms with E-state index in [2.05, 4.69) is 12.2 Å². The zero-order chi connectivity index (χ0) is 18.0. The molecule has 0 saturated carbocycles. The van der Waals surface area contributed by atoms with Crippen molar-refractivity contribution in [2.75, 3.05) is 6.54 Å². The Labute approximate surface area is 147 Å². The zero-order valence-electron chi connectivity index (χ0n) is 15.4. The summed E-state index contributed by atoms with van der Waals surface area (Å²) in [6, 6.07) is 0.297. The first-order chi connectivity index (χ1) is 11.6. The van der Waals surface area contributed by atoms with E-state index in [4.69, 9.17) is 10.2 Å².